The molecule has 1 atom stereocenters. The Morgan fingerprint density at radius 2 is 2.08 bits per heavy atom. The van der Waals surface area contributed by atoms with E-state index >= 15 is 0 Å². The van der Waals surface area contributed by atoms with Crippen LogP contribution in [0.2, 0.25) is 0 Å². The van der Waals surface area contributed by atoms with Crippen molar-refractivity contribution in [3.05, 3.63) is 53.6 Å². The third-order valence-electron chi connectivity index (χ3n) is 5.34. The number of benzene rings is 1. The van der Waals surface area contributed by atoms with Crippen LogP contribution in [0, 0.1) is 0 Å². The van der Waals surface area contributed by atoms with Crippen LogP contribution in [0.1, 0.15) is 36.6 Å². The molecule has 138 valence electrons. The molecule has 0 radical (unpaired) electrons. The maximum Gasteiger partial charge on any atom is 0.243 e. The van der Waals surface area contributed by atoms with Crippen molar-refractivity contribution in [2.24, 2.45) is 0 Å². The topological polar surface area (TPSA) is 72.4 Å². The molecule has 0 aliphatic carbocycles. The van der Waals surface area contributed by atoms with E-state index in [1.807, 2.05) is 12.1 Å². The lowest BCUT2D eigenvalue weighted by molar-refractivity contribution is 0.0530. The Labute approximate surface area is 154 Å². The first-order chi connectivity index (χ1) is 12.5. The minimum absolute atomic E-state index is 0.356. The maximum absolute atomic E-state index is 13.1. The van der Waals surface area contributed by atoms with E-state index in [2.05, 4.69) is 16.9 Å². The molecule has 2 aliphatic heterocycles. The zero-order chi connectivity index (χ0) is 18.2. The monoisotopic (exact) mass is 373 g/mol. The fourth-order valence-corrected chi connectivity index (χ4v) is 5.51. The molecule has 1 spiro atoms. The van der Waals surface area contributed by atoms with Crippen molar-refractivity contribution < 1.29 is 13.2 Å². The van der Waals surface area contributed by atoms with Gasteiger partial charge >= 0.3 is 0 Å². The van der Waals surface area contributed by atoms with Crippen LogP contribution in [0.3, 0.4) is 0 Å². The molecule has 0 amide bonds. The molecule has 4 rings (SSSR count). The summed E-state index contributed by atoms with van der Waals surface area (Å²) < 4.78 is 33.5. The summed E-state index contributed by atoms with van der Waals surface area (Å²) in [5.74, 6) is 0. The summed E-state index contributed by atoms with van der Waals surface area (Å²) >= 11 is 0. The van der Waals surface area contributed by atoms with Gasteiger partial charge in [0.05, 0.1) is 29.2 Å². The van der Waals surface area contributed by atoms with Crippen molar-refractivity contribution in [2.45, 2.75) is 43.1 Å². The van der Waals surface area contributed by atoms with Crippen LogP contribution in [0.15, 0.2) is 41.7 Å². The van der Waals surface area contributed by atoms with Gasteiger partial charge in [-0.25, -0.2) is 18.4 Å². The van der Waals surface area contributed by atoms with Gasteiger partial charge in [0.25, 0.3) is 0 Å². The van der Waals surface area contributed by atoms with Crippen molar-refractivity contribution in [3.63, 3.8) is 0 Å². The summed E-state index contributed by atoms with van der Waals surface area (Å²) in [6.07, 6.45) is 6.02. The molecule has 26 heavy (non-hydrogen) atoms. The Morgan fingerprint density at radius 1 is 1.27 bits per heavy atom. The minimum Gasteiger partial charge on any atom is -0.376 e. The average Bonchev–Trinajstić information content (AvgIpc) is 3.09. The number of aryl methyl sites for hydroxylation is 1. The number of rotatable bonds is 4. The van der Waals surface area contributed by atoms with Crippen LogP contribution in [-0.4, -0.2) is 42.4 Å². The lowest BCUT2D eigenvalue weighted by atomic mass is 9.81. The predicted molar refractivity (Wildman–Crippen MR) is 97.2 cm³/mol. The molecular formula is C19H23N3O3S. The van der Waals surface area contributed by atoms with E-state index in [1.165, 1.54) is 6.33 Å². The SMILES string of the molecule is CCCc1ccc(S(=O)(=O)N2CC[C@]3(COCc4cncnc43)C2)cc1. The van der Waals surface area contributed by atoms with Gasteiger partial charge in [-0.3, -0.25) is 0 Å². The van der Waals surface area contributed by atoms with Crippen molar-refractivity contribution in [1.29, 1.82) is 0 Å². The highest BCUT2D eigenvalue weighted by Gasteiger charge is 2.48. The third-order valence-corrected chi connectivity index (χ3v) is 7.20. The quantitative estimate of drug-likeness (QED) is 0.822. The van der Waals surface area contributed by atoms with Crippen LogP contribution >= 0.6 is 0 Å². The molecular weight excluding hydrogens is 350 g/mol. The summed E-state index contributed by atoms with van der Waals surface area (Å²) in [5.41, 5.74) is 2.69. The molecule has 0 N–H and O–H groups in total. The summed E-state index contributed by atoms with van der Waals surface area (Å²) in [4.78, 5) is 8.89. The fraction of sp³-hybridized carbons (Fsp3) is 0.474. The van der Waals surface area contributed by atoms with E-state index in [-0.39, 0.29) is 5.41 Å². The van der Waals surface area contributed by atoms with Crippen LogP contribution < -0.4 is 0 Å². The second-order valence-electron chi connectivity index (χ2n) is 7.15. The molecule has 1 aromatic heterocycles. The lowest BCUT2D eigenvalue weighted by Crippen LogP contribution is -2.41. The Kier molecular flexibility index (Phi) is 4.54. The van der Waals surface area contributed by atoms with Gasteiger partial charge in [-0.1, -0.05) is 25.5 Å². The molecule has 2 aliphatic rings. The molecule has 2 aromatic rings. The number of nitrogens with zero attached hydrogens (tertiary/aromatic N) is 3. The Balaban J connectivity index is 1.61. The first-order valence-corrected chi connectivity index (χ1v) is 10.5. The zero-order valence-corrected chi connectivity index (χ0v) is 15.7. The highest BCUT2D eigenvalue weighted by molar-refractivity contribution is 7.89. The van der Waals surface area contributed by atoms with Crippen LogP contribution in [0.25, 0.3) is 0 Å². The number of ether oxygens (including phenoxy) is 1. The Hall–Kier alpha value is -1.83. The van der Waals surface area contributed by atoms with Gasteiger partial charge in [0.1, 0.15) is 6.33 Å². The van der Waals surface area contributed by atoms with E-state index in [9.17, 15) is 8.42 Å². The molecule has 1 fully saturated rings. The fourth-order valence-electron chi connectivity index (χ4n) is 3.98. The molecule has 0 unspecified atom stereocenters. The second kappa shape index (κ2) is 6.72. The highest BCUT2D eigenvalue weighted by atomic mass is 32.2. The Morgan fingerprint density at radius 3 is 2.85 bits per heavy atom. The van der Waals surface area contributed by atoms with Crippen molar-refractivity contribution >= 4 is 10.0 Å². The van der Waals surface area contributed by atoms with Gasteiger partial charge < -0.3 is 4.74 Å². The molecule has 6 nitrogen and oxygen atoms in total. The van der Waals surface area contributed by atoms with Gasteiger partial charge in [-0.2, -0.15) is 4.31 Å². The summed E-state index contributed by atoms with van der Waals surface area (Å²) in [7, 11) is -3.51. The second-order valence-corrected chi connectivity index (χ2v) is 9.09. The van der Waals surface area contributed by atoms with Gasteiger partial charge in [-0.15, -0.1) is 0 Å². The standard InChI is InChI=1S/C19H23N3O3S/c1-2-3-15-4-6-17(7-5-15)26(23,24)22-9-8-19(12-22)13-25-11-16-10-20-14-21-18(16)19/h4-7,10,14H,2-3,8-9,11-13H2,1H3/t19-/m1/s1. The van der Waals surface area contributed by atoms with Gasteiger partial charge in [0.2, 0.25) is 10.0 Å². The van der Waals surface area contributed by atoms with E-state index in [1.54, 1.807) is 22.6 Å². The highest BCUT2D eigenvalue weighted by Crippen LogP contribution is 2.40. The normalized spacial score (nSPS) is 23.3. The van der Waals surface area contributed by atoms with E-state index in [0.717, 1.165) is 29.7 Å². The molecule has 1 aromatic carbocycles. The molecule has 0 saturated carbocycles. The average molecular weight is 373 g/mol. The first-order valence-electron chi connectivity index (χ1n) is 9.01. The Bertz CT molecular complexity index is 899. The first kappa shape index (κ1) is 17.6. The summed E-state index contributed by atoms with van der Waals surface area (Å²) in [6, 6.07) is 7.26. The van der Waals surface area contributed by atoms with E-state index in [4.69, 9.17) is 4.74 Å². The number of hydrogen-bond acceptors (Lipinski definition) is 5. The largest absolute Gasteiger partial charge is 0.376 e. The van der Waals surface area contributed by atoms with Crippen LogP contribution in [0.5, 0.6) is 0 Å². The van der Waals surface area contributed by atoms with Crippen molar-refractivity contribution in [3.8, 4) is 0 Å². The molecule has 3 heterocycles. The van der Waals surface area contributed by atoms with Crippen LogP contribution in [0.4, 0.5) is 0 Å². The molecule has 7 heteroatoms. The van der Waals surface area contributed by atoms with Gasteiger partial charge in [0, 0.05) is 24.8 Å². The van der Waals surface area contributed by atoms with E-state index in [0.29, 0.717) is 37.6 Å². The number of hydrogen-bond donors (Lipinski definition) is 0. The minimum atomic E-state index is -3.51. The number of aromatic nitrogens is 2. The number of fused-ring (bicyclic) bond motifs is 2. The van der Waals surface area contributed by atoms with Gasteiger partial charge in [-0.05, 0) is 30.5 Å². The smallest absolute Gasteiger partial charge is 0.243 e. The third kappa shape index (κ3) is 2.94. The molecule has 1 saturated heterocycles. The van der Waals surface area contributed by atoms with Gasteiger partial charge in [0.15, 0.2) is 0 Å². The zero-order valence-electron chi connectivity index (χ0n) is 14.9. The van der Waals surface area contributed by atoms with Crippen molar-refractivity contribution in [1.82, 2.24) is 14.3 Å². The predicted octanol–water partition coefficient (Wildman–Crippen LogP) is 2.29. The number of sulfonamides is 1. The summed E-state index contributed by atoms with van der Waals surface area (Å²) in [6.45, 7) is 3.98. The molecule has 0 bridgehead atoms. The lowest BCUT2D eigenvalue weighted by Gasteiger charge is -2.33. The van der Waals surface area contributed by atoms with Crippen LogP contribution in [-0.2, 0) is 33.2 Å². The van der Waals surface area contributed by atoms with Crippen molar-refractivity contribution in [2.75, 3.05) is 19.7 Å². The summed E-state index contributed by atoms with van der Waals surface area (Å²) in [5, 5.41) is 0. The van der Waals surface area contributed by atoms with E-state index < -0.39 is 10.0 Å². The maximum atomic E-state index is 13.1.